The molecule has 0 saturated heterocycles. The van der Waals surface area contributed by atoms with E-state index in [-0.39, 0.29) is 0 Å². The van der Waals surface area contributed by atoms with Crippen LogP contribution in [0.1, 0.15) is 47.9 Å². The van der Waals surface area contributed by atoms with E-state index < -0.39 is 0 Å². The van der Waals surface area contributed by atoms with Crippen LogP contribution in [0.5, 0.6) is 0 Å². The molecule has 1 aliphatic rings. The molecule has 2 aromatic rings. The van der Waals surface area contributed by atoms with Crippen molar-refractivity contribution in [3.63, 3.8) is 0 Å². The Balaban J connectivity index is 1.80. The third-order valence-electron chi connectivity index (χ3n) is 5.71. The fourth-order valence-corrected chi connectivity index (χ4v) is 3.90. The Labute approximate surface area is 171 Å². The molecule has 2 aromatic carbocycles. The molecule has 1 aliphatic carbocycles. The van der Waals surface area contributed by atoms with Crippen molar-refractivity contribution in [1.82, 2.24) is 0 Å². The molecule has 0 aliphatic heterocycles. The molecule has 0 unspecified atom stereocenters. The Morgan fingerprint density at radius 2 is 1.11 bits per heavy atom. The quantitative estimate of drug-likeness (QED) is 0.604. The second-order valence-electron chi connectivity index (χ2n) is 8.51. The number of anilines is 2. The van der Waals surface area contributed by atoms with Crippen LogP contribution in [-0.4, -0.2) is 28.2 Å². The number of benzene rings is 2. The van der Waals surface area contributed by atoms with E-state index in [1.807, 2.05) is 0 Å². The highest BCUT2D eigenvalue weighted by atomic mass is 15.1. The fraction of sp³-hybridized carbons (Fsp3) is 0.385. The van der Waals surface area contributed by atoms with E-state index in [1.54, 1.807) is 11.1 Å². The second kappa shape index (κ2) is 8.68. The zero-order valence-corrected chi connectivity index (χ0v) is 18.3. The molecule has 148 valence electrons. The van der Waals surface area contributed by atoms with Crippen LogP contribution in [0.4, 0.5) is 11.4 Å². The van der Waals surface area contributed by atoms with Crippen LogP contribution in [0.2, 0.25) is 0 Å². The van der Waals surface area contributed by atoms with Gasteiger partial charge in [0.05, 0.1) is 0 Å². The van der Waals surface area contributed by atoms with Crippen LogP contribution in [-0.2, 0) is 0 Å². The number of aryl methyl sites for hydroxylation is 2. The number of rotatable bonds is 4. The highest BCUT2D eigenvalue weighted by molar-refractivity contribution is 5.65. The zero-order valence-electron chi connectivity index (χ0n) is 18.3. The molecule has 2 heteroatoms. The molecule has 1 saturated carbocycles. The first-order valence-electron chi connectivity index (χ1n) is 10.3. The third-order valence-corrected chi connectivity index (χ3v) is 5.71. The summed E-state index contributed by atoms with van der Waals surface area (Å²) in [6, 6.07) is 13.5. The summed E-state index contributed by atoms with van der Waals surface area (Å²) in [6.07, 6.45) is 9.62. The minimum Gasteiger partial charge on any atom is -0.378 e. The van der Waals surface area contributed by atoms with Gasteiger partial charge in [0.2, 0.25) is 0 Å². The highest BCUT2D eigenvalue weighted by Gasteiger charge is 2.12. The van der Waals surface area contributed by atoms with Gasteiger partial charge in [-0.25, -0.2) is 0 Å². The molecule has 0 spiro atoms. The molecule has 3 rings (SSSR count). The Morgan fingerprint density at radius 1 is 0.679 bits per heavy atom. The molecule has 0 atom stereocenters. The Kier molecular flexibility index (Phi) is 6.28. The van der Waals surface area contributed by atoms with E-state index in [9.17, 15) is 0 Å². The Hall–Kier alpha value is -2.48. The lowest BCUT2D eigenvalue weighted by Crippen LogP contribution is -2.08. The van der Waals surface area contributed by atoms with Crippen molar-refractivity contribution in [2.24, 2.45) is 0 Å². The van der Waals surface area contributed by atoms with Gasteiger partial charge in [-0.2, -0.15) is 0 Å². The van der Waals surface area contributed by atoms with Crippen LogP contribution in [0.25, 0.3) is 12.2 Å². The molecule has 1 fully saturated rings. The Morgan fingerprint density at radius 3 is 1.46 bits per heavy atom. The molecular formula is C26H34N2. The van der Waals surface area contributed by atoms with Crippen molar-refractivity contribution in [2.75, 3.05) is 38.0 Å². The molecular weight excluding hydrogens is 340 g/mol. The number of nitrogens with zero attached hydrogens (tertiary/aromatic N) is 2. The van der Waals surface area contributed by atoms with E-state index in [2.05, 4.69) is 100 Å². The van der Waals surface area contributed by atoms with Crippen molar-refractivity contribution in [1.29, 1.82) is 0 Å². The van der Waals surface area contributed by atoms with Crippen molar-refractivity contribution in [2.45, 2.75) is 39.5 Å². The monoisotopic (exact) mass is 374 g/mol. The molecule has 0 bridgehead atoms. The number of allylic oxidation sites excluding steroid dienone is 2. The summed E-state index contributed by atoms with van der Waals surface area (Å²) in [5.74, 6) is 0. The van der Waals surface area contributed by atoms with Crippen LogP contribution in [0, 0.1) is 13.8 Å². The van der Waals surface area contributed by atoms with Gasteiger partial charge in [0.25, 0.3) is 0 Å². The van der Waals surface area contributed by atoms with Gasteiger partial charge >= 0.3 is 0 Å². The maximum absolute atomic E-state index is 2.42. The fourth-order valence-electron chi connectivity index (χ4n) is 3.90. The lowest BCUT2D eigenvalue weighted by molar-refractivity contribution is 0.721. The maximum atomic E-state index is 2.42. The molecule has 28 heavy (non-hydrogen) atoms. The minimum atomic E-state index is 1.10. The summed E-state index contributed by atoms with van der Waals surface area (Å²) in [5.41, 5.74) is 11.1. The molecule has 0 N–H and O–H groups in total. The molecule has 0 radical (unpaired) electrons. The first kappa shape index (κ1) is 20.3. The van der Waals surface area contributed by atoms with E-state index >= 15 is 0 Å². The van der Waals surface area contributed by atoms with Crippen molar-refractivity contribution < 1.29 is 0 Å². The van der Waals surface area contributed by atoms with Gasteiger partial charge in [-0.15, -0.1) is 0 Å². The van der Waals surface area contributed by atoms with Crippen molar-refractivity contribution >= 4 is 23.5 Å². The number of hydrogen-bond donors (Lipinski definition) is 0. The first-order valence-corrected chi connectivity index (χ1v) is 10.3. The highest BCUT2D eigenvalue weighted by Crippen LogP contribution is 2.32. The van der Waals surface area contributed by atoms with Crippen LogP contribution < -0.4 is 9.80 Å². The average Bonchev–Trinajstić information content (AvgIpc) is 2.65. The molecule has 0 heterocycles. The molecule has 0 amide bonds. The maximum Gasteiger partial charge on any atom is 0.0364 e. The van der Waals surface area contributed by atoms with Gasteiger partial charge in [0.1, 0.15) is 0 Å². The topological polar surface area (TPSA) is 6.48 Å². The lowest BCUT2D eigenvalue weighted by atomic mass is 9.87. The van der Waals surface area contributed by atoms with Crippen LogP contribution >= 0.6 is 0 Å². The first-order chi connectivity index (χ1) is 13.3. The summed E-state index contributed by atoms with van der Waals surface area (Å²) >= 11 is 0. The van der Waals surface area contributed by atoms with Crippen LogP contribution in [0.3, 0.4) is 0 Å². The predicted molar refractivity (Wildman–Crippen MR) is 125 cm³/mol. The van der Waals surface area contributed by atoms with Crippen molar-refractivity contribution in [3.8, 4) is 0 Å². The minimum absolute atomic E-state index is 1.10. The van der Waals surface area contributed by atoms with Gasteiger partial charge in [-0.1, -0.05) is 35.4 Å². The smallest absolute Gasteiger partial charge is 0.0364 e. The summed E-state index contributed by atoms with van der Waals surface area (Å²) in [4.78, 5) is 4.32. The average molecular weight is 375 g/mol. The summed E-state index contributed by atoms with van der Waals surface area (Å²) in [6.45, 7) is 4.43. The summed E-state index contributed by atoms with van der Waals surface area (Å²) in [5, 5.41) is 0. The van der Waals surface area contributed by atoms with Gasteiger partial charge in [-0.3, -0.25) is 0 Å². The lowest BCUT2D eigenvalue weighted by Gasteiger charge is -2.20. The van der Waals surface area contributed by atoms with Gasteiger partial charge in [0.15, 0.2) is 0 Å². The Bertz CT molecular complexity index is 827. The predicted octanol–water partition coefficient (Wildman–Crippen LogP) is 6.48. The number of hydrogen-bond acceptors (Lipinski definition) is 2. The second-order valence-corrected chi connectivity index (χ2v) is 8.51. The zero-order chi connectivity index (χ0) is 20.3. The van der Waals surface area contributed by atoms with Crippen molar-refractivity contribution in [3.05, 3.63) is 69.8 Å². The SMILES string of the molecule is Cc1cc(N(C)C)ccc1C=C1CCCC(=Cc2ccc(N(C)C)cc2C)C1. The van der Waals surface area contributed by atoms with E-state index in [0.29, 0.717) is 0 Å². The standard InChI is InChI=1S/C26H34N2/c1-19-14-25(27(3)4)12-10-23(19)17-21-8-7-9-22(16-21)18-24-11-13-26(28(5)6)15-20(24)2/h10-15,17-18H,7-9,16H2,1-6H3. The third kappa shape index (κ3) is 4.86. The summed E-state index contributed by atoms with van der Waals surface area (Å²) in [7, 11) is 8.38. The van der Waals surface area contributed by atoms with Gasteiger partial charge < -0.3 is 9.80 Å². The van der Waals surface area contributed by atoms with Gasteiger partial charge in [0, 0.05) is 39.6 Å². The van der Waals surface area contributed by atoms with E-state index in [4.69, 9.17) is 0 Å². The normalized spacial score (nSPS) is 17.2. The molecule has 2 nitrogen and oxygen atoms in total. The van der Waals surface area contributed by atoms with E-state index in [1.165, 1.54) is 52.9 Å². The largest absolute Gasteiger partial charge is 0.378 e. The molecule has 0 aromatic heterocycles. The summed E-state index contributed by atoms with van der Waals surface area (Å²) < 4.78 is 0. The van der Waals surface area contributed by atoms with Gasteiger partial charge in [-0.05, 0) is 86.1 Å². The van der Waals surface area contributed by atoms with Crippen LogP contribution in [0.15, 0.2) is 47.5 Å². The van der Waals surface area contributed by atoms with E-state index in [0.717, 1.165) is 6.42 Å².